The van der Waals surface area contributed by atoms with Crippen molar-refractivity contribution in [3.63, 3.8) is 0 Å². The van der Waals surface area contributed by atoms with Gasteiger partial charge >= 0.3 is 5.97 Å². The standard InChI is InChI=1S/C16H25N3O5/c1-16(2,3)24-15(23)11(18-12(20)10-17)6-4-5-9-19-13(21)7-8-14(19)22/h7-8,11H,4-6,9-10,17H2,1-3H3,(H,18,20)/t11-/m0/s1. The number of nitrogens with two attached hydrogens (primary N) is 1. The van der Waals surface area contributed by atoms with Crippen LogP contribution in [0.25, 0.3) is 0 Å². The minimum absolute atomic E-state index is 0.220. The zero-order chi connectivity index (χ0) is 18.3. The zero-order valence-electron chi connectivity index (χ0n) is 14.3. The van der Waals surface area contributed by atoms with E-state index in [-0.39, 0.29) is 24.9 Å². The average molecular weight is 339 g/mol. The van der Waals surface area contributed by atoms with Gasteiger partial charge in [0.15, 0.2) is 0 Å². The quantitative estimate of drug-likeness (QED) is 0.361. The molecule has 24 heavy (non-hydrogen) atoms. The molecule has 1 aliphatic heterocycles. The molecule has 0 aromatic rings. The first-order valence-corrected chi connectivity index (χ1v) is 7.90. The molecule has 0 saturated carbocycles. The molecule has 3 N–H and O–H groups in total. The Hall–Kier alpha value is -2.22. The number of nitrogens with one attached hydrogen (secondary N) is 1. The maximum atomic E-state index is 12.2. The normalized spacial score (nSPS) is 15.6. The second-order valence-electron chi connectivity index (χ2n) is 6.51. The van der Waals surface area contributed by atoms with E-state index in [0.29, 0.717) is 19.3 Å². The average Bonchev–Trinajstić information content (AvgIpc) is 2.79. The highest BCUT2D eigenvalue weighted by atomic mass is 16.6. The van der Waals surface area contributed by atoms with Crippen LogP contribution >= 0.6 is 0 Å². The number of carbonyl (C=O) groups excluding carboxylic acids is 4. The molecule has 134 valence electrons. The third-order valence-corrected chi connectivity index (χ3v) is 3.24. The third-order valence-electron chi connectivity index (χ3n) is 3.24. The Morgan fingerprint density at radius 2 is 1.79 bits per heavy atom. The van der Waals surface area contributed by atoms with Gasteiger partial charge in [0.05, 0.1) is 6.54 Å². The van der Waals surface area contributed by atoms with Gasteiger partial charge in [-0.1, -0.05) is 0 Å². The molecule has 0 radical (unpaired) electrons. The molecule has 3 amide bonds. The first-order chi connectivity index (χ1) is 11.1. The number of rotatable bonds is 8. The van der Waals surface area contributed by atoms with Crippen molar-refractivity contribution in [2.45, 2.75) is 51.7 Å². The second-order valence-corrected chi connectivity index (χ2v) is 6.51. The largest absolute Gasteiger partial charge is 0.458 e. The van der Waals surface area contributed by atoms with E-state index in [0.717, 1.165) is 4.90 Å². The maximum Gasteiger partial charge on any atom is 0.329 e. The first kappa shape index (κ1) is 19.8. The number of esters is 1. The van der Waals surface area contributed by atoms with Gasteiger partial charge in [-0.15, -0.1) is 0 Å². The fraction of sp³-hybridized carbons (Fsp3) is 0.625. The van der Waals surface area contributed by atoms with Crippen molar-refractivity contribution < 1.29 is 23.9 Å². The molecule has 0 aromatic heterocycles. The van der Waals surface area contributed by atoms with Gasteiger partial charge in [0.25, 0.3) is 11.8 Å². The molecule has 1 rings (SSSR count). The van der Waals surface area contributed by atoms with Gasteiger partial charge < -0.3 is 15.8 Å². The summed E-state index contributed by atoms with van der Waals surface area (Å²) >= 11 is 0. The maximum absolute atomic E-state index is 12.2. The van der Waals surface area contributed by atoms with Gasteiger partial charge in [-0.05, 0) is 40.0 Å². The fourth-order valence-electron chi connectivity index (χ4n) is 2.15. The predicted octanol–water partition coefficient (Wildman–Crippen LogP) is -0.133. The lowest BCUT2D eigenvalue weighted by Crippen LogP contribution is -2.46. The molecule has 0 bridgehead atoms. The van der Waals surface area contributed by atoms with Crippen LogP contribution in [-0.4, -0.2) is 53.3 Å². The molecule has 0 unspecified atom stereocenters. The number of amides is 3. The fourth-order valence-corrected chi connectivity index (χ4v) is 2.15. The number of nitrogens with zero attached hydrogens (tertiary/aromatic N) is 1. The lowest BCUT2D eigenvalue weighted by Gasteiger charge is -2.24. The molecule has 0 fully saturated rings. The number of ether oxygens (including phenoxy) is 1. The monoisotopic (exact) mass is 339 g/mol. The van der Waals surface area contributed by atoms with Crippen LogP contribution in [0.2, 0.25) is 0 Å². The Labute approximate surface area is 141 Å². The molecule has 1 atom stereocenters. The molecule has 1 heterocycles. The van der Waals surface area contributed by atoms with Crippen LogP contribution in [0.3, 0.4) is 0 Å². The summed E-state index contributed by atoms with van der Waals surface area (Å²) in [4.78, 5) is 47.6. The van der Waals surface area contributed by atoms with Crippen molar-refractivity contribution in [2.24, 2.45) is 5.73 Å². The molecule has 1 aliphatic rings. The Kier molecular flexibility index (Phi) is 7.09. The van der Waals surface area contributed by atoms with Gasteiger partial charge in [0.2, 0.25) is 5.91 Å². The summed E-state index contributed by atoms with van der Waals surface area (Å²) in [5.41, 5.74) is 4.60. The summed E-state index contributed by atoms with van der Waals surface area (Å²) in [6.07, 6.45) is 3.85. The van der Waals surface area contributed by atoms with E-state index >= 15 is 0 Å². The van der Waals surface area contributed by atoms with E-state index < -0.39 is 23.5 Å². The molecule has 0 aliphatic carbocycles. The SMILES string of the molecule is CC(C)(C)OC(=O)[C@H](CCCCN1C(=O)C=CC1=O)NC(=O)CN. The summed E-state index contributed by atoms with van der Waals surface area (Å²) < 4.78 is 5.29. The Morgan fingerprint density at radius 3 is 2.29 bits per heavy atom. The molecule has 0 aromatic carbocycles. The minimum Gasteiger partial charge on any atom is -0.458 e. The van der Waals surface area contributed by atoms with Crippen molar-refractivity contribution in [2.75, 3.05) is 13.1 Å². The van der Waals surface area contributed by atoms with Crippen LogP contribution in [0.15, 0.2) is 12.2 Å². The van der Waals surface area contributed by atoms with Crippen LogP contribution in [-0.2, 0) is 23.9 Å². The third kappa shape index (κ3) is 6.49. The van der Waals surface area contributed by atoms with E-state index in [1.165, 1.54) is 12.2 Å². The van der Waals surface area contributed by atoms with Crippen LogP contribution in [0.1, 0.15) is 40.0 Å². The van der Waals surface area contributed by atoms with E-state index in [1.807, 2.05) is 0 Å². The molecule has 0 spiro atoms. The first-order valence-electron chi connectivity index (χ1n) is 7.90. The summed E-state index contributed by atoms with van der Waals surface area (Å²) in [5.74, 6) is -1.64. The second kappa shape index (κ2) is 8.58. The van der Waals surface area contributed by atoms with Gasteiger partial charge in [0.1, 0.15) is 11.6 Å². The van der Waals surface area contributed by atoms with Gasteiger partial charge in [-0.25, -0.2) is 4.79 Å². The molecule has 8 heteroatoms. The Morgan fingerprint density at radius 1 is 1.21 bits per heavy atom. The summed E-state index contributed by atoms with van der Waals surface area (Å²) in [6.45, 7) is 5.28. The lowest BCUT2D eigenvalue weighted by atomic mass is 10.1. The molecular formula is C16H25N3O5. The smallest absolute Gasteiger partial charge is 0.329 e. The highest BCUT2D eigenvalue weighted by molar-refractivity contribution is 6.12. The number of unbranched alkanes of at least 4 members (excludes halogenated alkanes) is 1. The van der Waals surface area contributed by atoms with Crippen LogP contribution in [0.5, 0.6) is 0 Å². The number of hydrogen-bond donors (Lipinski definition) is 2. The number of imide groups is 1. The van der Waals surface area contributed by atoms with Crippen molar-refractivity contribution in [3.05, 3.63) is 12.2 Å². The van der Waals surface area contributed by atoms with Crippen LogP contribution < -0.4 is 11.1 Å². The van der Waals surface area contributed by atoms with Crippen molar-refractivity contribution in [1.29, 1.82) is 0 Å². The highest BCUT2D eigenvalue weighted by Crippen LogP contribution is 2.12. The Bertz CT molecular complexity index is 518. The van der Waals surface area contributed by atoms with Crippen molar-refractivity contribution in [1.82, 2.24) is 10.2 Å². The summed E-state index contributed by atoms with van der Waals surface area (Å²) in [7, 11) is 0. The predicted molar refractivity (Wildman–Crippen MR) is 86.5 cm³/mol. The van der Waals surface area contributed by atoms with Gasteiger partial charge in [-0.2, -0.15) is 0 Å². The van der Waals surface area contributed by atoms with E-state index in [1.54, 1.807) is 20.8 Å². The van der Waals surface area contributed by atoms with Crippen molar-refractivity contribution >= 4 is 23.7 Å². The highest BCUT2D eigenvalue weighted by Gasteiger charge is 2.27. The topological polar surface area (TPSA) is 119 Å². The van der Waals surface area contributed by atoms with Gasteiger partial charge in [-0.3, -0.25) is 19.3 Å². The lowest BCUT2D eigenvalue weighted by molar-refractivity contribution is -0.158. The summed E-state index contributed by atoms with van der Waals surface area (Å²) in [5, 5.41) is 2.54. The van der Waals surface area contributed by atoms with Crippen LogP contribution in [0.4, 0.5) is 0 Å². The molecular weight excluding hydrogens is 314 g/mol. The Balaban J connectivity index is 2.49. The number of carbonyl (C=O) groups is 4. The summed E-state index contributed by atoms with van der Waals surface area (Å²) in [6, 6.07) is -0.802. The van der Waals surface area contributed by atoms with Crippen molar-refractivity contribution in [3.8, 4) is 0 Å². The molecule has 0 saturated heterocycles. The van der Waals surface area contributed by atoms with E-state index in [9.17, 15) is 19.2 Å². The zero-order valence-corrected chi connectivity index (χ0v) is 14.3. The molecule has 8 nitrogen and oxygen atoms in total. The van der Waals surface area contributed by atoms with Gasteiger partial charge in [0, 0.05) is 18.7 Å². The number of hydrogen-bond acceptors (Lipinski definition) is 6. The van der Waals surface area contributed by atoms with E-state index in [4.69, 9.17) is 10.5 Å². The van der Waals surface area contributed by atoms with E-state index in [2.05, 4.69) is 5.32 Å². The minimum atomic E-state index is -0.802. The van der Waals surface area contributed by atoms with Crippen LogP contribution in [0, 0.1) is 0 Å².